The molecule has 1 saturated heterocycles. The summed E-state index contributed by atoms with van der Waals surface area (Å²) in [6, 6.07) is 11.8. The smallest absolute Gasteiger partial charge is 0.336 e. The van der Waals surface area contributed by atoms with Gasteiger partial charge in [0, 0.05) is 42.5 Å². The molecule has 0 unspecified atom stereocenters. The van der Waals surface area contributed by atoms with Crippen molar-refractivity contribution in [3.8, 4) is 5.69 Å². The van der Waals surface area contributed by atoms with Crippen LogP contribution in [0, 0.1) is 19.7 Å². The number of fused-ring (bicyclic) bond motifs is 1. The standard InChI is InChI=1S/C28H29FN6O3S/c1-16-8-11-22(21(29)14-16)30-25-23-24(17(2)26(36)31-25)34(28(38)35(27(23)37)19-9-10-19)20-7-5-6-18(15-20)32-39-33-12-3-4-13-33/h5-8,11,14-15,19,32H,3-4,9-10,12-13H2,1-2H3,(H2,30,31,36). The molecule has 39 heavy (non-hydrogen) atoms. The van der Waals surface area contributed by atoms with Gasteiger partial charge in [-0.25, -0.2) is 13.5 Å². The molecule has 202 valence electrons. The fraction of sp³-hybridized carbons (Fsp3) is 0.321. The van der Waals surface area contributed by atoms with Crippen LogP contribution in [0.5, 0.6) is 0 Å². The van der Waals surface area contributed by atoms with Crippen LogP contribution in [-0.4, -0.2) is 31.5 Å². The number of aryl methyl sites for hydroxylation is 2. The van der Waals surface area contributed by atoms with Gasteiger partial charge in [-0.1, -0.05) is 12.1 Å². The summed E-state index contributed by atoms with van der Waals surface area (Å²) >= 11 is 1.52. The number of nitrogens with one attached hydrogen (secondary N) is 3. The Morgan fingerprint density at radius 3 is 2.51 bits per heavy atom. The SMILES string of the molecule is Cc1ccc(Nc2[nH]c(=O)c(C)c3c2c(=O)n(C2CC2)c(=O)n3-c2cccc(NSN3CCCC3)c2)c(F)c1. The van der Waals surface area contributed by atoms with Crippen LogP contribution in [0.1, 0.15) is 42.9 Å². The van der Waals surface area contributed by atoms with E-state index in [1.807, 2.05) is 18.2 Å². The van der Waals surface area contributed by atoms with E-state index in [9.17, 15) is 18.8 Å². The maximum atomic E-state index is 14.8. The first kappa shape index (κ1) is 25.4. The molecule has 4 aromatic rings. The highest BCUT2D eigenvalue weighted by molar-refractivity contribution is 7.98. The van der Waals surface area contributed by atoms with Crippen molar-refractivity contribution < 1.29 is 4.39 Å². The minimum Gasteiger partial charge on any atom is -0.339 e. The predicted octanol–water partition coefficient (Wildman–Crippen LogP) is 4.75. The third-order valence-electron chi connectivity index (χ3n) is 7.23. The predicted molar refractivity (Wildman–Crippen MR) is 154 cm³/mol. The van der Waals surface area contributed by atoms with Gasteiger partial charge in [0.25, 0.3) is 11.1 Å². The van der Waals surface area contributed by atoms with Crippen LogP contribution in [0.15, 0.2) is 56.8 Å². The zero-order valence-electron chi connectivity index (χ0n) is 21.7. The average molecular weight is 549 g/mol. The summed E-state index contributed by atoms with van der Waals surface area (Å²) in [5.41, 5.74) is 1.09. The number of rotatable bonds is 7. The molecule has 1 saturated carbocycles. The average Bonchev–Trinajstić information content (AvgIpc) is 3.60. The minimum atomic E-state index is -0.519. The van der Waals surface area contributed by atoms with Crippen LogP contribution in [0.2, 0.25) is 0 Å². The molecular formula is C28H29FN6O3S. The Balaban J connectivity index is 1.56. The van der Waals surface area contributed by atoms with Crippen molar-refractivity contribution in [3.63, 3.8) is 0 Å². The van der Waals surface area contributed by atoms with Crippen LogP contribution < -0.4 is 26.8 Å². The van der Waals surface area contributed by atoms with Gasteiger partial charge in [0.05, 0.1) is 16.9 Å². The number of pyridine rings is 1. The minimum absolute atomic E-state index is 0.0513. The van der Waals surface area contributed by atoms with Crippen molar-refractivity contribution >= 4 is 40.2 Å². The summed E-state index contributed by atoms with van der Waals surface area (Å²) in [7, 11) is 0. The number of nitrogens with zero attached hydrogens (tertiary/aromatic N) is 3. The van der Waals surface area contributed by atoms with Crippen LogP contribution in [-0.2, 0) is 0 Å². The molecule has 0 amide bonds. The van der Waals surface area contributed by atoms with Gasteiger partial charge in [-0.2, -0.15) is 0 Å². The molecule has 3 N–H and O–H groups in total. The Hall–Kier alpha value is -3.83. The Bertz CT molecular complexity index is 1770. The Morgan fingerprint density at radius 2 is 1.79 bits per heavy atom. The van der Waals surface area contributed by atoms with Gasteiger partial charge in [0.1, 0.15) is 17.0 Å². The summed E-state index contributed by atoms with van der Waals surface area (Å²) < 4.78 is 23.0. The quantitative estimate of drug-likeness (QED) is 0.287. The lowest BCUT2D eigenvalue weighted by Crippen LogP contribution is -2.40. The molecule has 2 fully saturated rings. The Labute approximate surface area is 227 Å². The van der Waals surface area contributed by atoms with Crippen molar-refractivity contribution in [2.75, 3.05) is 23.1 Å². The highest BCUT2D eigenvalue weighted by Gasteiger charge is 2.31. The van der Waals surface area contributed by atoms with Crippen molar-refractivity contribution in [2.24, 2.45) is 0 Å². The number of hydrogen-bond acceptors (Lipinski definition) is 7. The molecule has 3 heterocycles. The second-order valence-electron chi connectivity index (χ2n) is 10.2. The maximum Gasteiger partial charge on any atom is 0.336 e. The highest BCUT2D eigenvalue weighted by atomic mass is 32.2. The molecule has 2 aliphatic rings. The van der Waals surface area contributed by atoms with Crippen molar-refractivity contribution in [1.29, 1.82) is 0 Å². The molecule has 9 nitrogen and oxygen atoms in total. The topological polar surface area (TPSA) is 104 Å². The second kappa shape index (κ2) is 10.0. The van der Waals surface area contributed by atoms with Crippen LogP contribution in [0.25, 0.3) is 16.6 Å². The number of H-pyrrole nitrogens is 1. The molecule has 1 aliphatic carbocycles. The van der Waals surface area contributed by atoms with Gasteiger partial charge < -0.3 is 15.0 Å². The molecule has 6 rings (SSSR count). The summed E-state index contributed by atoms with van der Waals surface area (Å²) in [4.78, 5) is 43.5. The maximum absolute atomic E-state index is 14.8. The van der Waals surface area contributed by atoms with E-state index in [0.717, 1.165) is 37.2 Å². The molecule has 0 atom stereocenters. The normalized spacial score (nSPS) is 15.7. The molecule has 0 radical (unpaired) electrons. The second-order valence-corrected chi connectivity index (χ2v) is 11.1. The number of aromatic nitrogens is 3. The lowest BCUT2D eigenvalue weighted by molar-refractivity contribution is 0.589. The zero-order chi connectivity index (χ0) is 27.3. The van der Waals surface area contributed by atoms with Crippen molar-refractivity contribution in [3.05, 3.63) is 90.6 Å². The van der Waals surface area contributed by atoms with Crippen LogP contribution >= 0.6 is 12.1 Å². The first-order chi connectivity index (χ1) is 18.8. The first-order valence-corrected chi connectivity index (χ1v) is 13.8. The fourth-order valence-electron chi connectivity index (χ4n) is 5.03. The first-order valence-electron chi connectivity index (χ1n) is 13.1. The summed E-state index contributed by atoms with van der Waals surface area (Å²) in [5.74, 6) is -0.468. The van der Waals surface area contributed by atoms with E-state index in [0.29, 0.717) is 18.5 Å². The molecule has 2 aromatic heterocycles. The van der Waals surface area contributed by atoms with Crippen LogP contribution in [0.4, 0.5) is 21.6 Å². The van der Waals surface area contributed by atoms with Gasteiger partial charge >= 0.3 is 5.69 Å². The largest absolute Gasteiger partial charge is 0.339 e. The van der Waals surface area contributed by atoms with Gasteiger partial charge in [-0.05, 0) is 75.4 Å². The van der Waals surface area contributed by atoms with Gasteiger partial charge in [0.2, 0.25) is 0 Å². The van der Waals surface area contributed by atoms with E-state index < -0.39 is 22.6 Å². The molecule has 1 aliphatic heterocycles. The highest BCUT2D eigenvalue weighted by Crippen LogP contribution is 2.34. The van der Waals surface area contributed by atoms with Gasteiger partial charge in [-0.3, -0.25) is 18.7 Å². The van der Waals surface area contributed by atoms with E-state index >= 15 is 0 Å². The lowest BCUT2D eigenvalue weighted by Gasteiger charge is -2.19. The lowest BCUT2D eigenvalue weighted by atomic mass is 10.1. The third kappa shape index (κ3) is 4.76. The van der Waals surface area contributed by atoms with Crippen molar-refractivity contribution in [1.82, 2.24) is 18.4 Å². The van der Waals surface area contributed by atoms with Gasteiger partial charge in [-0.15, -0.1) is 0 Å². The van der Waals surface area contributed by atoms with E-state index in [2.05, 4.69) is 19.3 Å². The zero-order valence-corrected chi connectivity index (χ0v) is 22.5. The number of benzene rings is 2. The van der Waals surface area contributed by atoms with E-state index in [1.54, 1.807) is 32.0 Å². The molecular weight excluding hydrogens is 519 g/mol. The Kier molecular flexibility index (Phi) is 6.56. The summed E-state index contributed by atoms with van der Waals surface area (Å²) in [5, 5.41) is 3.05. The van der Waals surface area contributed by atoms with E-state index in [1.165, 1.54) is 27.3 Å². The molecule has 11 heteroatoms. The number of anilines is 3. The fourth-order valence-corrected chi connectivity index (χ4v) is 5.83. The Morgan fingerprint density at radius 1 is 1.03 bits per heavy atom. The summed E-state index contributed by atoms with van der Waals surface area (Å²) in [6.45, 7) is 5.37. The van der Waals surface area contributed by atoms with Gasteiger partial charge in [0.15, 0.2) is 0 Å². The van der Waals surface area contributed by atoms with E-state index in [-0.39, 0.29) is 34.0 Å². The number of aromatic amines is 1. The number of hydrogen-bond donors (Lipinski definition) is 3. The monoisotopic (exact) mass is 548 g/mol. The van der Waals surface area contributed by atoms with E-state index in [4.69, 9.17) is 0 Å². The molecule has 0 spiro atoms. The third-order valence-corrected chi connectivity index (χ3v) is 8.18. The summed E-state index contributed by atoms with van der Waals surface area (Å²) in [6.07, 6.45) is 3.75. The molecule has 0 bridgehead atoms. The molecule has 2 aromatic carbocycles. The number of halogens is 1. The van der Waals surface area contributed by atoms with Crippen LogP contribution in [0.3, 0.4) is 0 Å². The van der Waals surface area contributed by atoms with Crippen molar-refractivity contribution in [2.45, 2.75) is 45.6 Å².